The second kappa shape index (κ2) is 11.3. The van der Waals surface area contributed by atoms with Crippen LogP contribution >= 0.6 is 0 Å². The molecule has 0 aliphatic carbocycles. The molecule has 1 heterocycles. The van der Waals surface area contributed by atoms with E-state index in [4.69, 9.17) is 5.73 Å². The van der Waals surface area contributed by atoms with E-state index in [9.17, 15) is 9.59 Å². The van der Waals surface area contributed by atoms with E-state index in [-0.39, 0.29) is 11.9 Å². The number of amides is 2. The Labute approximate surface area is 240 Å². The van der Waals surface area contributed by atoms with Gasteiger partial charge in [-0.15, -0.1) is 0 Å². The van der Waals surface area contributed by atoms with Gasteiger partial charge in [0.25, 0.3) is 5.91 Å². The molecular weight excluding hydrogens is 506 g/mol. The third kappa shape index (κ3) is 5.57. The second-order valence-electron chi connectivity index (χ2n) is 10.8. The quantitative estimate of drug-likeness (QED) is 0.233. The summed E-state index contributed by atoms with van der Waals surface area (Å²) < 4.78 is 0. The average Bonchev–Trinajstić information content (AvgIpc) is 3.00. The number of aryl methyl sites for hydroxylation is 1. The lowest BCUT2D eigenvalue weighted by Gasteiger charge is -2.32. The van der Waals surface area contributed by atoms with E-state index in [1.807, 2.05) is 61.5 Å². The van der Waals surface area contributed by atoms with Crippen LogP contribution in [-0.2, 0) is 13.0 Å². The van der Waals surface area contributed by atoms with Gasteiger partial charge in [-0.2, -0.15) is 0 Å². The zero-order valence-electron chi connectivity index (χ0n) is 23.1. The zero-order chi connectivity index (χ0) is 28.3. The van der Waals surface area contributed by atoms with Crippen molar-refractivity contribution in [2.75, 3.05) is 11.4 Å². The predicted octanol–water partition coefficient (Wildman–Crippen LogP) is 7.05. The molecule has 0 bridgehead atoms. The van der Waals surface area contributed by atoms with Crippen molar-refractivity contribution in [2.45, 2.75) is 32.4 Å². The van der Waals surface area contributed by atoms with Crippen LogP contribution in [0.3, 0.4) is 0 Å². The van der Waals surface area contributed by atoms with Crippen molar-refractivity contribution >= 4 is 28.3 Å². The van der Waals surface area contributed by atoms with Crippen LogP contribution in [-0.4, -0.2) is 18.4 Å². The maximum Gasteiger partial charge on any atom is 0.251 e. The van der Waals surface area contributed by atoms with E-state index in [1.165, 1.54) is 22.0 Å². The monoisotopic (exact) mass is 539 g/mol. The van der Waals surface area contributed by atoms with Crippen LogP contribution in [0.25, 0.3) is 21.9 Å². The fraction of sp³-hybridized carbons (Fsp3) is 0.167. The van der Waals surface area contributed by atoms with Crippen molar-refractivity contribution in [2.24, 2.45) is 5.73 Å². The summed E-state index contributed by atoms with van der Waals surface area (Å²) in [6.07, 6.45) is 1.97. The van der Waals surface area contributed by atoms with E-state index in [1.54, 1.807) is 6.07 Å². The largest absolute Gasteiger partial charge is 0.367 e. The number of carbonyl (C=O) groups excluding carboxylic acids is 2. The molecular formula is C36H33N3O2. The summed E-state index contributed by atoms with van der Waals surface area (Å²) in [7, 11) is 0. The molecule has 0 saturated carbocycles. The molecule has 5 aromatic rings. The molecule has 3 N–H and O–H groups in total. The summed E-state index contributed by atoms with van der Waals surface area (Å²) >= 11 is 0. The number of nitrogens with one attached hydrogen (secondary N) is 1. The molecule has 0 radical (unpaired) electrons. The minimum atomic E-state index is -0.428. The van der Waals surface area contributed by atoms with Gasteiger partial charge in [-0.3, -0.25) is 9.59 Å². The number of hydrogen-bond acceptors (Lipinski definition) is 3. The molecule has 0 spiro atoms. The number of hydrogen-bond donors (Lipinski definition) is 2. The molecule has 1 unspecified atom stereocenters. The maximum atomic E-state index is 13.2. The Morgan fingerprint density at radius 3 is 2.51 bits per heavy atom. The Morgan fingerprint density at radius 2 is 1.66 bits per heavy atom. The van der Waals surface area contributed by atoms with E-state index in [0.29, 0.717) is 11.1 Å². The van der Waals surface area contributed by atoms with Gasteiger partial charge in [0.2, 0.25) is 5.91 Å². The molecule has 1 aliphatic heterocycles. The first-order valence-corrected chi connectivity index (χ1v) is 14.1. The number of anilines is 1. The zero-order valence-corrected chi connectivity index (χ0v) is 23.1. The highest BCUT2D eigenvalue weighted by molar-refractivity contribution is 6.00. The Balaban J connectivity index is 1.18. The Morgan fingerprint density at radius 1 is 0.854 bits per heavy atom. The van der Waals surface area contributed by atoms with Crippen molar-refractivity contribution in [1.29, 1.82) is 0 Å². The third-order valence-electron chi connectivity index (χ3n) is 7.98. The van der Waals surface area contributed by atoms with Gasteiger partial charge in [-0.05, 0) is 94.8 Å². The topological polar surface area (TPSA) is 75.4 Å². The molecule has 6 rings (SSSR count). The van der Waals surface area contributed by atoms with Crippen LogP contribution in [0.5, 0.6) is 0 Å². The standard InChI is InChI=1S/C36H33N3O2/c1-24(27-16-15-26-9-2-3-10-28(26)21-27)38-36(41)31-17-18-34-30(22-31)12-7-19-39(34)23-25-8-6-11-29(20-25)32-13-4-5-14-33(32)35(37)40/h2-6,8-11,13-18,20-22,24H,7,12,19,23H2,1H3,(H2,37,40)(H,38,41). The van der Waals surface area contributed by atoms with E-state index >= 15 is 0 Å². The van der Waals surface area contributed by atoms with Gasteiger partial charge in [-0.1, -0.05) is 72.8 Å². The first-order valence-electron chi connectivity index (χ1n) is 14.1. The molecule has 2 amide bonds. The molecule has 0 aromatic heterocycles. The number of rotatable bonds is 7. The summed E-state index contributed by atoms with van der Waals surface area (Å²) in [6, 6.07) is 36.3. The Hall–Kier alpha value is -4.90. The van der Waals surface area contributed by atoms with Gasteiger partial charge >= 0.3 is 0 Å². The van der Waals surface area contributed by atoms with Crippen molar-refractivity contribution in [3.05, 3.63) is 137 Å². The van der Waals surface area contributed by atoms with E-state index in [0.717, 1.165) is 48.2 Å². The lowest BCUT2D eigenvalue weighted by Crippen LogP contribution is -2.30. The molecule has 41 heavy (non-hydrogen) atoms. The molecule has 5 heteroatoms. The van der Waals surface area contributed by atoms with Crippen LogP contribution in [0.4, 0.5) is 5.69 Å². The van der Waals surface area contributed by atoms with Gasteiger partial charge in [0.05, 0.1) is 6.04 Å². The van der Waals surface area contributed by atoms with Crippen molar-refractivity contribution in [1.82, 2.24) is 5.32 Å². The van der Waals surface area contributed by atoms with Gasteiger partial charge in [-0.25, -0.2) is 0 Å². The first kappa shape index (κ1) is 26.3. The number of carbonyl (C=O) groups is 2. The van der Waals surface area contributed by atoms with Gasteiger partial charge in [0.15, 0.2) is 0 Å². The highest BCUT2D eigenvalue weighted by Crippen LogP contribution is 2.31. The summed E-state index contributed by atoms with van der Waals surface area (Å²) in [5.41, 5.74) is 13.2. The highest BCUT2D eigenvalue weighted by Gasteiger charge is 2.20. The number of primary amides is 1. The SMILES string of the molecule is CC(NC(=O)c1ccc2c(c1)CCCN2Cc1cccc(-c2ccccc2C(N)=O)c1)c1ccc2ccccc2c1. The van der Waals surface area contributed by atoms with Crippen molar-refractivity contribution < 1.29 is 9.59 Å². The normalized spacial score (nSPS) is 13.4. The van der Waals surface area contributed by atoms with Gasteiger partial charge in [0, 0.05) is 29.9 Å². The number of fused-ring (bicyclic) bond motifs is 2. The van der Waals surface area contributed by atoms with Crippen LogP contribution in [0.15, 0.2) is 109 Å². The van der Waals surface area contributed by atoms with E-state index in [2.05, 4.69) is 58.7 Å². The summed E-state index contributed by atoms with van der Waals surface area (Å²) in [6.45, 7) is 3.71. The molecule has 1 aliphatic rings. The van der Waals surface area contributed by atoms with Crippen LogP contribution in [0, 0.1) is 0 Å². The third-order valence-corrected chi connectivity index (χ3v) is 7.98. The highest BCUT2D eigenvalue weighted by atomic mass is 16.2. The first-order chi connectivity index (χ1) is 20.0. The average molecular weight is 540 g/mol. The lowest BCUT2D eigenvalue weighted by atomic mass is 9.96. The summed E-state index contributed by atoms with van der Waals surface area (Å²) in [5, 5.41) is 5.54. The Bertz CT molecular complexity index is 1760. The summed E-state index contributed by atoms with van der Waals surface area (Å²) in [5.74, 6) is -0.492. The smallest absolute Gasteiger partial charge is 0.251 e. The lowest BCUT2D eigenvalue weighted by molar-refractivity contribution is 0.0938. The fourth-order valence-corrected chi connectivity index (χ4v) is 5.83. The van der Waals surface area contributed by atoms with Crippen LogP contribution in [0.1, 0.15) is 56.8 Å². The number of nitrogens with zero attached hydrogens (tertiary/aromatic N) is 1. The number of benzene rings is 5. The van der Waals surface area contributed by atoms with Gasteiger partial charge < -0.3 is 16.0 Å². The Kier molecular flexibility index (Phi) is 7.26. The predicted molar refractivity (Wildman–Crippen MR) is 166 cm³/mol. The van der Waals surface area contributed by atoms with Crippen molar-refractivity contribution in [3.8, 4) is 11.1 Å². The number of nitrogens with two attached hydrogens (primary N) is 1. The van der Waals surface area contributed by atoms with Crippen LogP contribution < -0.4 is 16.0 Å². The maximum absolute atomic E-state index is 13.2. The second-order valence-corrected chi connectivity index (χ2v) is 10.8. The molecule has 204 valence electrons. The molecule has 5 aromatic carbocycles. The van der Waals surface area contributed by atoms with Crippen molar-refractivity contribution in [3.63, 3.8) is 0 Å². The molecule has 0 fully saturated rings. The van der Waals surface area contributed by atoms with Gasteiger partial charge in [0.1, 0.15) is 0 Å². The molecule has 5 nitrogen and oxygen atoms in total. The molecule has 1 atom stereocenters. The minimum Gasteiger partial charge on any atom is -0.367 e. The molecule has 0 saturated heterocycles. The van der Waals surface area contributed by atoms with E-state index < -0.39 is 5.91 Å². The summed E-state index contributed by atoms with van der Waals surface area (Å²) in [4.78, 5) is 27.6. The minimum absolute atomic E-state index is 0.0635. The van der Waals surface area contributed by atoms with Crippen LogP contribution in [0.2, 0.25) is 0 Å². The fourth-order valence-electron chi connectivity index (χ4n) is 5.83.